The number of aryl methyl sites for hydroxylation is 2. The molecule has 0 aliphatic heterocycles. The van der Waals surface area contributed by atoms with E-state index in [1.54, 1.807) is 24.9 Å². The van der Waals surface area contributed by atoms with Gasteiger partial charge in [0, 0.05) is 23.1 Å². The summed E-state index contributed by atoms with van der Waals surface area (Å²) >= 11 is 0. The number of nitrogens with two attached hydrogens (primary N) is 1. The number of hydrogen-bond donors (Lipinski definition) is 2. The summed E-state index contributed by atoms with van der Waals surface area (Å²) in [6, 6.07) is 29.4. The number of likely N-dealkylation sites (N-methyl/N-ethyl adjacent to an activating group) is 1. The lowest BCUT2D eigenvalue weighted by atomic mass is 9.70. The van der Waals surface area contributed by atoms with Crippen LogP contribution in [0.3, 0.4) is 0 Å². The third-order valence-corrected chi connectivity index (χ3v) is 8.33. The maximum Gasteiger partial charge on any atom is 0.332 e. The summed E-state index contributed by atoms with van der Waals surface area (Å²) in [4.78, 5) is 43.0. The van der Waals surface area contributed by atoms with Gasteiger partial charge in [-0.15, -0.1) is 0 Å². The van der Waals surface area contributed by atoms with Crippen molar-refractivity contribution in [3.63, 3.8) is 0 Å². The number of Topliss-reactive ketones (excluding diaryl/α,β-unsaturated/α-hetero) is 1. The maximum absolute atomic E-state index is 14.1. The minimum absolute atomic E-state index is 0.248. The van der Waals surface area contributed by atoms with E-state index >= 15 is 0 Å². The van der Waals surface area contributed by atoms with Gasteiger partial charge < -0.3 is 10.8 Å². The van der Waals surface area contributed by atoms with Crippen LogP contribution < -0.4 is 5.73 Å². The summed E-state index contributed by atoms with van der Waals surface area (Å²) < 4.78 is 1.56. The third kappa shape index (κ3) is 5.25. The van der Waals surface area contributed by atoms with Gasteiger partial charge >= 0.3 is 5.97 Å². The molecule has 0 bridgehead atoms. The number of para-hydroxylation sites is 1. The molecule has 1 heterocycles. The van der Waals surface area contributed by atoms with Gasteiger partial charge in [-0.1, -0.05) is 90.0 Å². The number of fused-ring (bicyclic) bond motifs is 1. The standard InChI is InChI=1S/C37H37N3O4/c1-23-19-24(2)21-29(20-23)35(42)40-22-31(30-13-9-10-14-32(30)40)33(37(36(43)44,39(4)5)34(41)25(3)38)28-17-15-27(16-18-28)26-11-7-6-8-12-26/h6-22,25,33H,38H2,1-5H3,(H,43,44)/t25-,33?,37+/m0/s1. The van der Waals surface area contributed by atoms with Crippen LogP contribution in [0.15, 0.2) is 103 Å². The zero-order valence-corrected chi connectivity index (χ0v) is 25.6. The number of ketones is 1. The molecule has 0 aliphatic rings. The van der Waals surface area contributed by atoms with E-state index in [0.29, 0.717) is 27.6 Å². The minimum Gasteiger partial charge on any atom is -0.479 e. The van der Waals surface area contributed by atoms with Gasteiger partial charge in [-0.2, -0.15) is 0 Å². The molecule has 7 heteroatoms. The normalized spacial score (nSPS) is 14.2. The first-order valence-electron chi connectivity index (χ1n) is 14.6. The molecule has 5 rings (SSSR count). The maximum atomic E-state index is 14.1. The van der Waals surface area contributed by atoms with Crippen molar-refractivity contribution in [1.82, 2.24) is 9.47 Å². The lowest BCUT2D eigenvalue weighted by Gasteiger charge is -2.42. The average molecular weight is 588 g/mol. The number of hydrogen-bond acceptors (Lipinski definition) is 5. The molecule has 0 spiro atoms. The van der Waals surface area contributed by atoms with Gasteiger partial charge in [0.25, 0.3) is 5.91 Å². The predicted molar refractivity (Wildman–Crippen MR) is 174 cm³/mol. The van der Waals surface area contributed by atoms with E-state index in [0.717, 1.165) is 22.3 Å². The van der Waals surface area contributed by atoms with Crippen molar-refractivity contribution in [3.05, 3.63) is 131 Å². The van der Waals surface area contributed by atoms with Crippen LogP contribution in [-0.4, -0.2) is 57.9 Å². The van der Waals surface area contributed by atoms with Gasteiger partial charge in [0.1, 0.15) is 0 Å². The Hall–Kier alpha value is -4.85. The van der Waals surface area contributed by atoms with E-state index in [2.05, 4.69) is 0 Å². The molecule has 0 fully saturated rings. The van der Waals surface area contributed by atoms with Crippen molar-refractivity contribution in [2.24, 2.45) is 5.73 Å². The summed E-state index contributed by atoms with van der Waals surface area (Å²) in [6.45, 7) is 5.39. The Morgan fingerprint density at radius 3 is 1.95 bits per heavy atom. The van der Waals surface area contributed by atoms with Gasteiger partial charge in [-0.3, -0.25) is 19.1 Å². The first-order chi connectivity index (χ1) is 21.0. The zero-order chi connectivity index (χ0) is 31.8. The van der Waals surface area contributed by atoms with E-state index < -0.39 is 29.3 Å². The molecule has 0 amide bonds. The molecule has 224 valence electrons. The number of aliphatic carboxylic acids is 1. The molecule has 4 aromatic carbocycles. The second-order valence-electron chi connectivity index (χ2n) is 11.7. The van der Waals surface area contributed by atoms with Crippen molar-refractivity contribution in [2.75, 3.05) is 14.1 Å². The minimum atomic E-state index is -2.08. The lowest BCUT2D eigenvalue weighted by molar-refractivity contribution is -0.157. The summed E-state index contributed by atoms with van der Waals surface area (Å²) in [5, 5.41) is 11.6. The fourth-order valence-corrected chi connectivity index (χ4v) is 6.37. The summed E-state index contributed by atoms with van der Waals surface area (Å²) in [6.07, 6.45) is 1.69. The quantitative estimate of drug-likeness (QED) is 0.204. The fraction of sp³-hybridized carbons (Fsp3) is 0.216. The largest absolute Gasteiger partial charge is 0.479 e. The molecule has 1 unspecified atom stereocenters. The molecule has 0 aliphatic carbocycles. The van der Waals surface area contributed by atoms with Crippen LogP contribution in [0, 0.1) is 13.8 Å². The SMILES string of the molecule is Cc1cc(C)cc(C(=O)n2cc(C(c3ccc(-c4ccccc4)cc3)[C@](C(=O)O)(C(=O)[C@H](C)N)N(C)C)c3ccccc32)c1. The molecule has 3 atom stereocenters. The topological polar surface area (TPSA) is 106 Å². The Bertz CT molecular complexity index is 1840. The van der Waals surface area contributed by atoms with Crippen LogP contribution in [0.4, 0.5) is 0 Å². The Morgan fingerprint density at radius 2 is 1.39 bits per heavy atom. The summed E-state index contributed by atoms with van der Waals surface area (Å²) in [7, 11) is 3.17. The number of rotatable bonds is 9. The molecule has 7 nitrogen and oxygen atoms in total. The highest BCUT2D eigenvalue weighted by Crippen LogP contribution is 2.44. The van der Waals surface area contributed by atoms with Crippen LogP contribution >= 0.6 is 0 Å². The molecular weight excluding hydrogens is 550 g/mol. The van der Waals surface area contributed by atoms with Crippen molar-refractivity contribution < 1.29 is 19.5 Å². The Morgan fingerprint density at radius 1 is 0.818 bits per heavy atom. The number of aromatic nitrogens is 1. The van der Waals surface area contributed by atoms with E-state index in [-0.39, 0.29) is 5.91 Å². The van der Waals surface area contributed by atoms with Gasteiger partial charge in [0.15, 0.2) is 11.3 Å². The summed E-state index contributed by atoms with van der Waals surface area (Å²) in [5.74, 6) is -3.22. The highest BCUT2D eigenvalue weighted by Gasteiger charge is 2.57. The predicted octanol–water partition coefficient (Wildman–Crippen LogP) is 6.05. The number of benzene rings is 4. The summed E-state index contributed by atoms with van der Waals surface area (Å²) in [5.41, 5.74) is 10.2. The fourth-order valence-electron chi connectivity index (χ4n) is 6.37. The van der Waals surface area contributed by atoms with Crippen molar-refractivity contribution in [2.45, 2.75) is 38.3 Å². The first kappa shape index (κ1) is 30.6. The molecule has 0 saturated carbocycles. The van der Waals surface area contributed by atoms with Gasteiger partial charge in [-0.25, -0.2) is 4.79 Å². The highest BCUT2D eigenvalue weighted by atomic mass is 16.4. The van der Waals surface area contributed by atoms with E-state index in [1.807, 2.05) is 111 Å². The van der Waals surface area contributed by atoms with Crippen LogP contribution in [0.25, 0.3) is 22.0 Å². The molecule has 5 aromatic rings. The van der Waals surface area contributed by atoms with Gasteiger partial charge in [-0.05, 0) is 75.3 Å². The zero-order valence-electron chi connectivity index (χ0n) is 25.6. The van der Waals surface area contributed by atoms with Gasteiger partial charge in [0.05, 0.1) is 11.6 Å². The van der Waals surface area contributed by atoms with Crippen LogP contribution in [0.5, 0.6) is 0 Å². The number of carbonyl (C=O) groups is 3. The highest BCUT2D eigenvalue weighted by molar-refractivity contribution is 6.12. The Labute approximate surface area is 257 Å². The Kier molecular flexibility index (Phi) is 8.37. The van der Waals surface area contributed by atoms with Crippen LogP contribution in [-0.2, 0) is 9.59 Å². The number of nitrogens with zero attached hydrogens (tertiary/aromatic N) is 2. The van der Waals surface area contributed by atoms with Gasteiger partial charge in [0.2, 0.25) is 0 Å². The van der Waals surface area contributed by atoms with E-state index in [1.165, 1.54) is 11.8 Å². The monoisotopic (exact) mass is 587 g/mol. The van der Waals surface area contributed by atoms with Crippen molar-refractivity contribution >= 4 is 28.6 Å². The van der Waals surface area contributed by atoms with Crippen LogP contribution in [0.2, 0.25) is 0 Å². The smallest absolute Gasteiger partial charge is 0.332 e. The van der Waals surface area contributed by atoms with Crippen LogP contribution in [0.1, 0.15) is 45.5 Å². The van der Waals surface area contributed by atoms with E-state index in [4.69, 9.17) is 5.73 Å². The van der Waals surface area contributed by atoms with Crippen molar-refractivity contribution in [1.29, 1.82) is 0 Å². The third-order valence-electron chi connectivity index (χ3n) is 8.33. The number of carboxylic acid groups (broad SMARTS) is 1. The molecule has 0 radical (unpaired) electrons. The Balaban J connectivity index is 1.81. The molecule has 3 N–H and O–H groups in total. The molecular formula is C37H37N3O4. The second-order valence-corrected chi connectivity index (χ2v) is 11.7. The molecule has 0 saturated heterocycles. The average Bonchev–Trinajstić information content (AvgIpc) is 3.38. The first-order valence-corrected chi connectivity index (χ1v) is 14.6. The number of carbonyl (C=O) groups excluding carboxylic acids is 2. The van der Waals surface area contributed by atoms with Crippen molar-refractivity contribution in [3.8, 4) is 11.1 Å². The molecule has 44 heavy (non-hydrogen) atoms. The number of carboxylic acids is 1. The van der Waals surface area contributed by atoms with E-state index in [9.17, 15) is 19.5 Å². The second kappa shape index (κ2) is 12.0. The lowest BCUT2D eigenvalue weighted by Crippen LogP contribution is -2.65. The molecule has 1 aromatic heterocycles.